The molecule has 0 fully saturated rings. The van der Waals surface area contributed by atoms with Crippen molar-refractivity contribution in [2.75, 3.05) is 5.32 Å². The standard InChI is InChI=1S/C22H15ClN2O6/c23-17-7-5-13(11-16(17)20-8-6-14(12-26)30-20)24-22(27)21-10-9-19(31-21)15-3-1-2-4-18(15)25(28)29/h1-11,26H,12H2,(H,24,27). The number of aliphatic hydroxyl groups is 1. The van der Waals surface area contributed by atoms with Crippen molar-refractivity contribution >= 4 is 28.9 Å². The summed E-state index contributed by atoms with van der Waals surface area (Å²) in [6.45, 7) is -0.242. The van der Waals surface area contributed by atoms with E-state index in [9.17, 15) is 14.9 Å². The van der Waals surface area contributed by atoms with Gasteiger partial charge in [-0.1, -0.05) is 23.7 Å². The first-order valence-corrected chi connectivity index (χ1v) is 9.48. The predicted molar refractivity (Wildman–Crippen MR) is 114 cm³/mol. The van der Waals surface area contributed by atoms with Crippen LogP contribution in [0.1, 0.15) is 16.3 Å². The number of nitro groups is 1. The van der Waals surface area contributed by atoms with Crippen LogP contribution in [0.2, 0.25) is 5.02 Å². The lowest BCUT2D eigenvalue weighted by atomic mass is 10.1. The zero-order valence-electron chi connectivity index (χ0n) is 15.9. The molecule has 0 radical (unpaired) electrons. The van der Waals surface area contributed by atoms with E-state index in [0.717, 1.165) is 0 Å². The number of para-hydroxylation sites is 1. The Balaban J connectivity index is 1.57. The number of nitrogens with zero attached hydrogens (tertiary/aromatic N) is 1. The molecule has 0 aliphatic heterocycles. The second-order valence-corrected chi connectivity index (χ2v) is 6.92. The lowest BCUT2D eigenvalue weighted by molar-refractivity contribution is -0.384. The zero-order chi connectivity index (χ0) is 22.0. The fourth-order valence-electron chi connectivity index (χ4n) is 3.04. The fourth-order valence-corrected chi connectivity index (χ4v) is 3.25. The number of rotatable bonds is 6. The van der Waals surface area contributed by atoms with Gasteiger partial charge in [0.15, 0.2) is 5.76 Å². The van der Waals surface area contributed by atoms with Crippen LogP contribution >= 0.6 is 11.6 Å². The summed E-state index contributed by atoms with van der Waals surface area (Å²) in [4.78, 5) is 23.3. The van der Waals surface area contributed by atoms with Crippen molar-refractivity contribution in [3.8, 4) is 22.6 Å². The lowest BCUT2D eigenvalue weighted by Gasteiger charge is -2.07. The SMILES string of the molecule is O=C(Nc1ccc(Cl)c(-c2ccc(CO)o2)c1)c1ccc(-c2ccccc2[N+](=O)[O-])o1. The maximum Gasteiger partial charge on any atom is 0.291 e. The molecule has 1 amide bonds. The number of aliphatic hydroxyl groups excluding tert-OH is 1. The van der Waals surface area contributed by atoms with Crippen LogP contribution in [0.3, 0.4) is 0 Å². The molecule has 0 saturated carbocycles. The smallest absolute Gasteiger partial charge is 0.291 e. The molecule has 0 atom stereocenters. The number of furan rings is 2. The topological polar surface area (TPSA) is 119 Å². The Morgan fingerprint density at radius 2 is 1.74 bits per heavy atom. The minimum Gasteiger partial charge on any atom is -0.459 e. The van der Waals surface area contributed by atoms with Crippen LogP contribution in [0.15, 0.2) is 75.6 Å². The van der Waals surface area contributed by atoms with Gasteiger partial charge in [-0.3, -0.25) is 14.9 Å². The first-order chi connectivity index (χ1) is 15.0. The average Bonchev–Trinajstić information content (AvgIpc) is 3.45. The van der Waals surface area contributed by atoms with E-state index >= 15 is 0 Å². The van der Waals surface area contributed by atoms with Gasteiger partial charge in [0, 0.05) is 17.3 Å². The second kappa shape index (κ2) is 8.47. The van der Waals surface area contributed by atoms with Crippen molar-refractivity contribution in [3.05, 3.63) is 93.4 Å². The molecule has 2 aromatic carbocycles. The van der Waals surface area contributed by atoms with Crippen LogP contribution < -0.4 is 5.32 Å². The Hall–Kier alpha value is -3.88. The van der Waals surface area contributed by atoms with Crippen LogP contribution in [0.4, 0.5) is 11.4 Å². The monoisotopic (exact) mass is 438 g/mol. The molecule has 4 aromatic rings. The summed E-state index contributed by atoms with van der Waals surface area (Å²) in [5.41, 5.74) is 1.14. The summed E-state index contributed by atoms with van der Waals surface area (Å²) < 4.78 is 11.1. The lowest BCUT2D eigenvalue weighted by Crippen LogP contribution is -2.10. The number of carbonyl (C=O) groups is 1. The van der Waals surface area contributed by atoms with E-state index in [4.69, 9.17) is 25.5 Å². The number of benzene rings is 2. The van der Waals surface area contributed by atoms with Crippen LogP contribution in [-0.4, -0.2) is 15.9 Å². The van der Waals surface area contributed by atoms with Gasteiger partial charge in [0.2, 0.25) is 0 Å². The molecular weight excluding hydrogens is 424 g/mol. The number of amides is 1. The van der Waals surface area contributed by atoms with E-state index in [1.165, 1.54) is 18.2 Å². The molecule has 0 aliphatic rings. The molecule has 2 aromatic heterocycles. The normalized spacial score (nSPS) is 10.8. The highest BCUT2D eigenvalue weighted by Crippen LogP contribution is 2.33. The fraction of sp³-hybridized carbons (Fsp3) is 0.0455. The van der Waals surface area contributed by atoms with Gasteiger partial charge in [0.05, 0.1) is 15.5 Å². The Labute approximate surface area is 180 Å². The van der Waals surface area contributed by atoms with E-state index in [-0.39, 0.29) is 29.4 Å². The maximum atomic E-state index is 12.6. The summed E-state index contributed by atoms with van der Waals surface area (Å²) in [5, 5.41) is 23.5. The van der Waals surface area contributed by atoms with E-state index in [0.29, 0.717) is 27.8 Å². The van der Waals surface area contributed by atoms with E-state index in [2.05, 4.69) is 5.32 Å². The molecule has 31 heavy (non-hydrogen) atoms. The quantitative estimate of drug-likeness (QED) is 0.302. The minimum atomic E-state index is -0.534. The molecule has 2 N–H and O–H groups in total. The highest BCUT2D eigenvalue weighted by molar-refractivity contribution is 6.33. The Morgan fingerprint density at radius 3 is 2.48 bits per heavy atom. The molecule has 4 rings (SSSR count). The van der Waals surface area contributed by atoms with Gasteiger partial charge in [-0.05, 0) is 48.5 Å². The van der Waals surface area contributed by atoms with Crippen LogP contribution in [0, 0.1) is 10.1 Å². The van der Waals surface area contributed by atoms with E-state index in [1.54, 1.807) is 48.5 Å². The van der Waals surface area contributed by atoms with Gasteiger partial charge in [-0.25, -0.2) is 0 Å². The Morgan fingerprint density at radius 1 is 1.00 bits per heavy atom. The number of halogens is 1. The van der Waals surface area contributed by atoms with Gasteiger partial charge in [-0.15, -0.1) is 0 Å². The number of anilines is 1. The number of nitrogens with one attached hydrogen (secondary N) is 1. The van der Waals surface area contributed by atoms with E-state index < -0.39 is 10.8 Å². The number of hydrogen-bond donors (Lipinski definition) is 2. The van der Waals surface area contributed by atoms with Crippen molar-refractivity contribution in [2.45, 2.75) is 6.61 Å². The van der Waals surface area contributed by atoms with Crippen LogP contribution in [0.5, 0.6) is 0 Å². The first kappa shape index (κ1) is 20.4. The van der Waals surface area contributed by atoms with Gasteiger partial charge < -0.3 is 19.3 Å². The molecule has 0 spiro atoms. The molecule has 0 aliphatic carbocycles. The van der Waals surface area contributed by atoms with Gasteiger partial charge in [-0.2, -0.15) is 0 Å². The molecule has 8 nitrogen and oxygen atoms in total. The van der Waals surface area contributed by atoms with Crippen LogP contribution in [0.25, 0.3) is 22.6 Å². The summed E-state index contributed by atoms with van der Waals surface area (Å²) in [6.07, 6.45) is 0. The Kier molecular flexibility index (Phi) is 5.57. The maximum absolute atomic E-state index is 12.6. The second-order valence-electron chi connectivity index (χ2n) is 6.51. The van der Waals surface area contributed by atoms with Gasteiger partial charge >= 0.3 is 0 Å². The Bertz CT molecular complexity index is 1280. The first-order valence-electron chi connectivity index (χ1n) is 9.10. The summed E-state index contributed by atoms with van der Waals surface area (Å²) in [7, 11) is 0. The number of hydrogen-bond acceptors (Lipinski definition) is 6. The predicted octanol–water partition coefficient (Wildman–Crippen LogP) is 5.51. The van der Waals surface area contributed by atoms with Crippen molar-refractivity contribution < 1.29 is 23.7 Å². The third kappa shape index (κ3) is 4.20. The number of carbonyl (C=O) groups excluding carboxylic acids is 1. The molecule has 2 heterocycles. The highest BCUT2D eigenvalue weighted by Gasteiger charge is 2.20. The van der Waals surface area contributed by atoms with E-state index in [1.807, 2.05) is 0 Å². The minimum absolute atomic E-state index is 0.00906. The number of nitro benzene ring substituents is 1. The summed E-state index contributed by atoms with van der Waals surface area (Å²) in [5.74, 6) is 0.501. The zero-order valence-corrected chi connectivity index (χ0v) is 16.6. The third-order valence-corrected chi connectivity index (χ3v) is 4.83. The van der Waals surface area contributed by atoms with Crippen molar-refractivity contribution in [1.29, 1.82) is 0 Å². The van der Waals surface area contributed by atoms with Crippen molar-refractivity contribution in [1.82, 2.24) is 0 Å². The molecule has 0 saturated heterocycles. The highest BCUT2D eigenvalue weighted by atomic mass is 35.5. The van der Waals surface area contributed by atoms with Crippen LogP contribution in [-0.2, 0) is 6.61 Å². The molecule has 9 heteroatoms. The van der Waals surface area contributed by atoms with Crippen molar-refractivity contribution in [2.24, 2.45) is 0 Å². The van der Waals surface area contributed by atoms with Crippen molar-refractivity contribution in [3.63, 3.8) is 0 Å². The third-order valence-electron chi connectivity index (χ3n) is 4.50. The van der Waals surface area contributed by atoms with Gasteiger partial charge in [0.1, 0.15) is 23.9 Å². The molecule has 0 unspecified atom stereocenters. The molecule has 156 valence electrons. The average molecular weight is 439 g/mol. The largest absolute Gasteiger partial charge is 0.459 e. The summed E-state index contributed by atoms with van der Waals surface area (Å²) >= 11 is 6.24. The molecule has 0 bridgehead atoms. The van der Waals surface area contributed by atoms with Gasteiger partial charge in [0.25, 0.3) is 11.6 Å². The molecular formula is C22H15ClN2O6. The summed E-state index contributed by atoms with van der Waals surface area (Å²) in [6, 6.07) is 17.2.